The van der Waals surface area contributed by atoms with E-state index in [-0.39, 0.29) is 12.5 Å². The van der Waals surface area contributed by atoms with Gasteiger partial charge >= 0.3 is 0 Å². The number of fused-ring (bicyclic) bond motifs is 1. The average Bonchev–Trinajstić information content (AvgIpc) is 3.11. The van der Waals surface area contributed by atoms with Gasteiger partial charge in [-0.05, 0) is 49.7 Å². The van der Waals surface area contributed by atoms with Crippen LogP contribution in [-0.4, -0.2) is 17.5 Å². The number of aromatic nitrogens is 1. The first kappa shape index (κ1) is 17.8. The quantitative estimate of drug-likeness (QED) is 0.527. The Hall–Kier alpha value is -3.60. The molecule has 0 fully saturated rings. The highest BCUT2D eigenvalue weighted by molar-refractivity contribution is 5.94. The second-order valence-electron chi connectivity index (χ2n) is 6.67. The number of rotatable bonds is 5. The van der Waals surface area contributed by atoms with Crippen molar-refractivity contribution < 1.29 is 13.9 Å². The third-order valence-corrected chi connectivity index (χ3v) is 4.44. The number of nitrogens with zero attached hydrogens (tertiary/aromatic N) is 1. The van der Waals surface area contributed by atoms with Crippen molar-refractivity contribution in [2.45, 2.75) is 13.8 Å². The Morgan fingerprint density at radius 2 is 1.82 bits per heavy atom. The van der Waals surface area contributed by atoms with E-state index < -0.39 is 0 Å². The van der Waals surface area contributed by atoms with Gasteiger partial charge in [-0.1, -0.05) is 35.9 Å². The van der Waals surface area contributed by atoms with Crippen LogP contribution in [0, 0.1) is 13.8 Å². The monoisotopic (exact) mass is 372 g/mol. The van der Waals surface area contributed by atoms with E-state index in [9.17, 15) is 4.79 Å². The lowest BCUT2D eigenvalue weighted by Crippen LogP contribution is -2.20. The standard InChI is InChI=1S/C23H20N2O3/c1-15-7-10-18(11-8-15)27-14-22(26)24-17-9-12-20-21(13-17)28-23(25-20)19-6-4-3-5-16(19)2/h3-13H,14H2,1-2H3,(H,24,26). The lowest BCUT2D eigenvalue weighted by atomic mass is 10.1. The largest absolute Gasteiger partial charge is 0.484 e. The zero-order valence-electron chi connectivity index (χ0n) is 15.7. The van der Waals surface area contributed by atoms with Crippen molar-refractivity contribution in [3.63, 3.8) is 0 Å². The molecule has 0 saturated carbocycles. The van der Waals surface area contributed by atoms with Gasteiger partial charge in [0.05, 0.1) is 0 Å². The molecule has 28 heavy (non-hydrogen) atoms. The van der Waals surface area contributed by atoms with Gasteiger partial charge in [-0.2, -0.15) is 0 Å². The van der Waals surface area contributed by atoms with Gasteiger partial charge in [0.15, 0.2) is 12.2 Å². The molecule has 0 atom stereocenters. The zero-order chi connectivity index (χ0) is 19.5. The summed E-state index contributed by atoms with van der Waals surface area (Å²) in [4.78, 5) is 16.7. The van der Waals surface area contributed by atoms with Crippen LogP contribution in [0.25, 0.3) is 22.6 Å². The van der Waals surface area contributed by atoms with Crippen LogP contribution < -0.4 is 10.1 Å². The van der Waals surface area contributed by atoms with Crippen molar-refractivity contribution in [2.75, 3.05) is 11.9 Å². The van der Waals surface area contributed by atoms with Crippen LogP contribution >= 0.6 is 0 Å². The minimum absolute atomic E-state index is 0.0635. The molecule has 0 aliphatic carbocycles. The van der Waals surface area contributed by atoms with Crippen molar-refractivity contribution in [2.24, 2.45) is 0 Å². The van der Waals surface area contributed by atoms with Crippen molar-refractivity contribution in [1.29, 1.82) is 0 Å². The van der Waals surface area contributed by atoms with E-state index in [1.807, 2.05) is 68.4 Å². The van der Waals surface area contributed by atoms with E-state index in [0.29, 0.717) is 22.9 Å². The Balaban J connectivity index is 1.46. The van der Waals surface area contributed by atoms with Gasteiger partial charge in [0.1, 0.15) is 11.3 Å². The highest BCUT2D eigenvalue weighted by atomic mass is 16.5. The third kappa shape index (κ3) is 3.88. The second-order valence-corrected chi connectivity index (χ2v) is 6.67. The first-order valence-electron chi connectivity index (χ1n) is 9.04. The number of benzene rings is 3. The molecule has 0 unspecified atom stereocenters. The van der Waals surface area contributed by atoms with Crippen LogP contribution in [0.1, 0.15) is 11.1 Å². The van der Waals surface area contributed by atoms with E-state index >= 15 is 0 Å². The van der Waals surface area contributed by atoms with Crippen molar-refractivity contribution in [3.8, 4) is 17.2 Å². The van der Waals surface area contributed by atoms with Crippen molar-refractivity contribution in [1.82, 2.24) is 4.98 Å². The smallest absolute Gasteiger partial charge is 0.262 e. The Morgan fingerprint density at radius 3 is 2.61 bits per heavy atom. The van der Waals surface area contributed by atoms with Gasteiger partial charge in [-0.15, -0.1) is 0 Å². The minimum atomic E-state index is -0.237. The Kier molecular flexibility index (Phi) is 4.81. The van der Waals surface area contributed by atoms with Crippen LogP contribution in [0.3, 0.4) is 0 Å². The van der Waals surface area contributed by atoms with Crippen LogP contribution in [0.4, 0.5) is 5.69 Å². The number of aryl methyl sites for hydroxylation is 2. The number of carbonyl (C=O) groups is 1. The van der Waals surface area contributed by atoms with Gasteiger partial charge in [0.25, 0.3) is 5.91 Å². The fourth-order valence-corrected chi connectivity index (χ4v) is 2.91. The molecule has 4 rings (SSSR count). The lowest BCUT2D eigenvalue weighted by Gasteiger charge is -2.07. The number of hydrogen-bond acceptors (Lipinski definition) is 4. The van der Waals surface area contributed by atoms with E-state index in [2.05, 4.69) is 10.3 Å². The van der Waals surface area contributed by atoms with Crippen molar-refractivity contribution in [3.05, 3.63) is 77.9 Å². The number of anilines is 1. The molecule has 5 nitrogen and oxygen atoms in total. The summed E-state index contributed by atoms with van der Waals surface area (Å²) in [6.07, 6.45) is 0. The average molecular weight is 372 g/mol. The summed E-state index contributed by atoms with van der Waals surface area (Å²) in [5, 5.41) is 2.82. The number of ether oxygens (including phenoxy) is 1. The van der Waals surface area contributed by atoms with E-state index in [4.69, 9.17) is 9.15 Å². The fraction of sp³-hybridized carbons (Fsp3) is 0.130. The molecule has 0 bridgehead atoms. The molecule has 0 spiro atoms. The summed E-state index contributed by atoms with van der Waals surface area (Å²) in [5.41, 5.74) is 5.19. The van der Waals surface area contributed by atoms with E-state index in [1.54, 1.807) is 12.1 Å². The molecule has 0 aliphatic heterocycles. The maximum absolute atomic E-state index is 12.2. The summed E-state index contributed by atoms with van der Waals surface area (Å²) >= 11 is 0. The highest BCUT2D eigenvalue weighted by Crippen LogP contribution is 2.28. The van der Waals surface area contributed by atoms with Crippen LogP contribution in [0.15, 0.2) is 71.1 Å². The summed E-state index contributed by atoms with van der Waals surface area (Å²) in [5.74, 6) is 0.993. The Bertz CT molecular complexity index is 1130. The highest BCUT2D eigenvalue weighted by Gasteiger charge is 2.11. The molecule has 4 aromatic rings. The molecule has 0 radical (unpaired) electrons. The van der Waals surface area contributed by atoms with Gasteiger partial charge < -0.3 is 14.5 Å². The summed E-state index contributed by atoms with van der Waals surface area (Å²) in [6.45, 7) is 3.95. The number of oxazole rings is 1. The number of nitrogens with one attached hydrogen (secondary N) is 1. The molecule has 0 saturated heterocycles. The van der Waals surface area contributed by atoms with E-state index in [1.165, 1.54) is 0 Å². The SMILES string of the molecule is Cc1ccc(OCC(=O)Nc2ccc3nc(-c4ccccc4C)oc3c2)cc1. The normalized spacial score (nSPS) is 10.8. The molecule has 1 heterocycles. The summed E-state index contributed by atoms with van der Waals surface area (Å²) < 4.78 is 11.4. The van der Waals surface area contributed by atoms with Gasteiger partial charge in [-0.3, -0.25) is 4.79 Å². The number of amides is 1. The molecule has 1 N–H and O–H groups in total. The molecule has 140 valence electrons. The molecule has 1 amide bonds. The first-order valence-corrected chi connectivity index (χ1v) is 9.04. The maximum Gasteiger partial charge on any atom is 0.262 e. The van der Waals surface area contributed by atoms with Gasteiger partial charge in [0, 0.05) is 17.3 Å². The Morgan fingerprint density at radius 1 is 1.04 bits per heavy atom. The topological polar surface area (TPSA) is 64.4 Å². The fourth-order valence-electron chi connectivity index (χ4n) is 2.91. The Labute approximate surface area is 163 Å². The molecular formula is C23H20N2O3. The molecular weight excluding hydrogens is 352 g/mol. The third-order valence-electron chi connectivity index (χ3n) is 4.44. The predicted octanol–water partition coefficient (Wildman–Crippen LogP) is 5.13. The van der Waals surface area contributed by atoms with Crippen LogP contribution in [0.5, 0.6) is 5.75 Å². The second kappa shape index (κ2) is 7.56. The van der Waals surface area contributed by atoms with E-state index in [0.717, 1.165) is 22.2 Å². The van der Waals surface area contributed by atoms with Gasteiger partial charge in [0.2, 0.25) is 5.89 Å². The summed E-state index contributed by atoms with van der Waals surface area (Å²) in [7, 11) is 0. The maximum atomic E-state index is 12.2. The first-order chi connectivity index (χ1) is 13.6. The van der Waals surface area contributed by atoms with Crippen LogP contribution in [0.2, 0.25) is 0 Å². The number of carbonyl (C=O) groups excluding carboxylic acids is 1. The predicted molar refractivity (Wildman–Crippen MR) is 109 cm³/mol. The molecule has 0 aliphatic rings. The lowest BCUT2D eigenvalue weighted by molar-refractivity contribution is -0.118. The number of hydrogen-bond donors (Lipinski definition) is 1. The van der Waals surface area contributed by atoms with Crippen molar-refractivity contribution >= 4 is 22.7 Å². The molecule has 1 aromatic heterocycles. The molecule has 3 aromatic carbocycles. The van der Waals surface area contributed by atoms with Gasteiger partial charge in [-0.25, -0.2) is 4.98 Å². The molecule has 5 heteroatoms. The van der Waals surface area contributed by atoms with Crippen LogP contribution in [-0.2, 0) is 4.79 Å². The summed E-state index contributed by atoms with van der Waals surface area (Å²) in [6, 6.07) is 20.9. The zero-order valence-corrected chi connectivity index (χ0v) is 15.7. The minimum Gasteiger partial charge on any atom is -0.484 e.